The number of hydrogen-bond acceptors (Lipinski definition) is 3. The van der Waals surface area contributed by atoms with Crippen molar-refractivity contribution in [2.75, 3.05) is 0 Å². The van der Waals surface area contributed by atoms with Crippen LogP contribution < -0.4 is 0 Å². The van der Waals surface area contributed by atoms with Gasteiger partial charge in [-0.25, -0.2) is 15.0 Å². The van der Waals surface area contributed by atoms with Crippen LogP contribution in [-0.4, -0.2) is 15.0 Å². The molecule has 51 heavy (non-hydrogen) atoms. The first-order valence-corrected chi connectivity index (χ1v) is 17.4. The highest BCUT2D eigenvalue weighted by atomic mass is 15.0. The second-order valence-corrected chi connectivity index (χ2v) is 13.5. The van der Waals surface area contributed by atoms with Crippen molar-refractivity contribution < 1.29 is 0 Å². The molecule has 0 saturated heterocycles. The molecule has 1 spiro atoms. The molecule has 1 heterocycles. The summed E-state index contributed by atoms with van der Waals surface area (Å²) in [5.74, 6) is 1.98. The van der Waals surface area contributed by atoms with Crippen molar-refractivity contribution in [3.8, 4) is 56.4 Å². The molecule has 0 saturated carbocycles. The van der Waals surface area contributed by atoms with Gasteiger partial charge < -0.3 is 0 Å². The van der Waals surface area contributed by atoms with E-state index in [1.807, 2.05) is 0 Å². The van der Waals surface area contributed by atoms with Crippen LogP contribution in [0.5, 0.6) is 0 Å². The van der Waals surface area contributed by atoms with Gasteiger partial charge in [0.1, 0.15) is 0 Å². The highest BCUT2D eigenvalue weighted by Gasteiger charge is 2.52. The fourth-order valence-corrected chi connectivity index (χ4v) is 8.75. The van der Waals surface area contributed by atoms with Crippen LogP contribution in [0.2, 0.25) is 0 Å². The molecular formula is C48H29N3. The van der Waals surface area contributed by atoms with Gasteiger partial charge in [-0.2, -0.15) is 0 Å². The Morgan fingerprint density at radius 3 is 1.22 bits per heavy atom. The normalized spacial score (nSPS) is 13.3. The van der Waals surface area contributed by atoms with Gasteiger partial charge in [0.05, 0.1) is 5.41 Å². The minimum Gasteiger partial charge on any atom is -0.208 e. The molecule has 3 nitrogen and oxygen atoms in total. The van der Waals surface area contributed by atoms with Gasteiger partial charge >= 0.3 is 0 Å². The third-order valence-electron chi connectivity index (χ3n) is 10.9. The lowest BCUT2D eigenvalue weighted by Gasteiger charge is -2.31. The highest BCUT2D eigenvalue weighted by Crippen LogP contribution is 2.64. The molecule has 9 aromatic rings. The molecule has 11 rings (SSSR count). The van der Waals surface area contributed by atoms with E-state index in [0.717, 1.165) is 27.5 Å². The Balaban J connectivity index is 1.23. The zero-order valence-corrected chi connectivity index (χ0v) is 27.6. The summed E-state index contributed by atoms with van der Waals surface area (Å²) in [6.07, 6.45) is 0. The van der Waals surface area contributed by atoms with Gasteiger partial charge in [-0.1, -0.05) is 164 Å². The molecule has 0 aliphatic heterocycles. The summed E-state index contributed by atoms with van der Waals surface area (Å²) in [5, 5.41) is 4.67. The molecule has 3 heteroatoms. The third kappa shape index (κ3) is 3.97. The molecule has 2 aliphatic carbocycles. The van der Waals surface area contributed by atoms with E-state index in [1.54, 1.807) is 0 Å². The Morgan fingerprint density at radius 1 is 0.294 bits per heavy atom. The maximum Gasteiger partial charge on any atom is 0.164 e. The van der Waals surface area contributed by atoms with Gasteiger partial charge in [-0.15, -0.1) is 0 Å². The van der Waals surface area contributed by atoms with Crippen LogP contribution in [0.4, 0.5) is 0 Å². The molecule has 236 valence electrons. The van der Waals surface area contributed by atoms with Crippen LogP contribution in [0, 0.1) is 0 Å². The lowest BCUT2D eigenvalue weighted by atomic mass is 9.69. The maximum absolute atomic E-state index is 5.35. The quantitative estimate of drug-likeness (QED) is 0.192. The summed E-state index contributed by atoms with van der Waals surface area (Å²) in [7, 11) is 0. The smallest absolute Gasteiger partial charge is 0.164 e. The topological polar surface area (TPSA) is 38.7 Å². The first kappa shape index (κ1) is 28.2. The standard InChI is InChI=1S/C48H29N3/c1-3-14-32-28-34(26-24-30(32)12-1)45-49-46(35-27-25-31-13-2-4-15-33(31)29-35)51-47(50-45)40-20-11-19-39-38-18-7-10-23-43(38)48(44(39)40)41-21-8-5-16-36(41)37-17-6-9-22-42(37)48/h1-29H. The SMILES string of the molecule is c1ccc2c(c1)-c1ccccc1C21c2ccccc2-c2cccc(-c3nc(-c4ccc5ccccc5c4)nc(-c4ccc5ccccc5c4)n3)c21. The number of nitrogens with zero attached hydrogens (tertiary/aromatic N) is 3. The van der Waals surface area contributed by atoms with Gasteiger partial charge in [-0.3, -0.25) is 0 Å². The van der Waals surface area contributed by atoms with Crippen molar-refractivity contribution in [2.45, 2.75) is 5.41 Å². The van der Waals surface area contributed by atoms with Crippen molar-refractivity contribution in [2.24, 2.45) is 0 Å². The van der Waals surface area contributed by atoms with Crippen LogP contribution in [0.15, 0.2) is 176 Å². The summed E-state index contributed by atoms with van der Waals surface area (Å²) in [6.45, 7) is 0. The monoisotopic (exact) mass is 647 g/mol. The zero-order chi connectivity index (χ0) is 33.5. The lowest BCUT2D eigenvalue weighted by Crippen LogP contribution is -2.26. The Bertz CT molecular complexity index is 2730. The maximum atomic E-state index is 5.35. The van der Waals surface area contributed by atoms with Crippen molar-refractivity contribution >= 4 is 21.5 Å². The van der Waals surface area contributed by atoms with Gasteiger partial charge in [-0.05, 0) is 78.2 Å². The van der Waals surface area contributed by atoms with Gasteiger partial charge in [0.25, 0.3) is 0 Å². The first-order chi connectivity index (χ1) is 25.3. The summed E-state index contributed by atoms with van der Waals surface area (Å²) in [5.41, 5.74) is 12.5. The minimum absolute atomic E-state index is 0.519. The summed E-state index contributed by atoms with van der Waals surface area (Å²) < 4.78 is 0. The van der Waals surface area contributed by atoms with Gasteiger partial charge in [0, 0.05) is 16.7 Å². The van der Waals surface area contributed by atoms with Crippen molar-refractivity contribution in [1.29, 1.82) is 0 Å². The van der Waals surface area contributed by atoms with E-state index in [0.29, 0.717) is 17.5 Å². The van der Waals surface area contributed by atoms with Crippen molar-refractivity contribution in [3.63, 3.8) is 0 Å². The molecule has 8 aromatic carbocycles. The molecular weight excluding hydrogens is 619 g/mol. The highest BCUT2D eigenvalue weighted by molar-refractivity contribution is 5.98. The Kier molecular flexibility index (Phi) is 5.88. The molecule has 0 N–H and O–H groups in total. The van der Waals surface area contributed by atoms with Crippen LogP contribution >= 0.6 is 0 Å². The molecule has 0 bridgehead atoms. The molecule has 0 amide bonds. The van der Waals surface area contributed by atoms with E-state index >= 15 is 0 Å². The second-order valence-electron chi connectivity index (χ2n) is 13.5. The summed E-state index contributed by atoms with van der Waals surface area (Å²) >= 11 is 0. The van der Waals surface area contributed by atoms with Gasteiger partial charge in [0.2, 0.25) is 0 Å². The van der Waals surface area contributed by atoms with E-state index in [1.165, 1.54) is 55.3 Å². The lowest BCUT2D eigenvalue weighted by molar-refractivity contribution is 0.794. The van der Waals surface area contributed by atoms with E-state index < -0.39 is 5.41 Å². The Labute approximate surface area is 295 Å². The van der Waals surface area contributed by atoms with Crippen LogP contribution in [0.25, 0.3) is 78.0 Å². The average molecular weight is 648 g/mol. The number of fused-ring (bicyclic) bond motifs is 12. The summed E-state index contributed by atoms with van der Waals surface area (Å²) in [6, 6.07) is 63.2. The summed E-state index contributed by atoms with van der Waals surface area (Å²) in [4.78, 5) is 15.9. The van der Waals surface area contributed by atoms with Crippen molar-refractivity contribution in [1.82, 2.24) is 15.0 Å². The molecule has 0 radical (unpaired) electrons. The Hall–Kier alpha value is -6.71. The van der Waals surface area contributed by atoms with Crippen LogP contribution in [-0.2, 0) is 5.41 Å². The third-order valence-corrected chi connectivity index (χ3v) is 10.9. The molecule has 2 aliphatic rings. The molecule has 0 atom stereocenters. The fourth-order valence-electron chi connectivity index (χ4n) is 8.75. The van der Waals surface area contributed by atoms with Crippen LogP contribution in [0.3, 0.4) is 0 Å². The van der Waals surface area contributed by atoms with E-state index in [-0.39, 0.29) is 0 Å². The minimum atomic E-state index is -0.519. The number of benzene rings is 8. The molecule has 0 unspecified atom stereocenters. The number of hydrogen-bond donors (Lipinski definition) is 0. The van der Waals surface area contributed by atoms with E-state index in [4.69, 9.17) is 15.0 Å². The molecule has 1 aromatic heterocycles. The zero-order valence-electron chi connectivity index (χ0n) is 27.6. The largest absolute Gasteiger partial charge is 0.208 e. The second kappa shape index (κ2) is 10.6. The number of aromatic nitrogens is 3. The average Bonchev–Trinajstić information content (AvgIpc) is 3.68. The van der Waals surface area contributed by atoms with Crippen LogP contribution in [0.1, 0.15) is 22.3 Å². The Morgan fingerprint density at radius 2 is 0.686 bits per heavy atom. The predicted molar refractivity (Wildman–Crippen MR) is 207 cm³/mol. The predicted octanol–water partition coefficient (Wildman–Crippen LogP) is 11.5. The van der Waals surface area contributed by atoms with Crippen molar-refractivity contribution in [3.05, 3.63) is 198 Å². The molecule has 0 fully saturated rings. The fraction of sp³-hybridized carbons (Fsp3) is 0.0208. The van der Waals surface area contributed by atoms with E-state index in [2.05, 4.69) is 176 Å². The first-order valence-electron chi connectivity index (χ1n) is 17.4. The van der Waals surface area contributed by atoms with E-state index in [9.17, 15) is 0 Å². The number of rotatable bonds is 3. The van der Waals surface area contributed by atoms with Gasteiger partial charge in [0.15, 0.2) is 17.5 Å².